The molecule has 3 nitrogen and oxygen atoms in total. The smallest absolute Gasteiger partial charge is 0.0943 e. The van der Waals surface area contributed by atoms with Crippen LogP contribution in [0.15, 0.2) is 0 Å². The van der Waals surface area contributed by atoms with Gasteiger partial charge in [-0.25, -0.2) is 4.98 Å². The van der Waals surface area contributed by atoms with E-state index in [4.69, 9.17) is 0 Å². The molecule has 1 heterocycles. The van der Waals surface area contributed by atoms with E-state index in [2.05, 4.69) is 43.1 Å². The Balaban J connectivity index is 2.15. The van der Waals surface area contributed by atoms with Crippen LogP contribution in [-0.2, 0) is 6.42 Å². The molecular weight excluding hydrogens is 206 g/mol. The maximum absolute atomic E-state index is 4.51. The lowest BCUT2D eigenvalue weighted by Gasteiger charge is -2.09. The molecule has 0 saturated carbocycles. The number of aryl methyl sites for hydroxylation is 2. The van der Waals surface area contributed by atoms with Crippen LogP contribution in [0.1, 0.15) is 15.6 Å². The molecule has 1 aromatic heterocycles. The van der Waals surface area contributed by atoms with Gasteiger partial charge in [0.2, 0.25) is 0 Å². The summed E-state index contributed by atoms with van der Waals surface area (Å²) in [6, 6.07) is 0. The van der Waals surface area contributed by atoms with Gasteiger partial charge in [0.15, 0.2) is 0 Å². The van der Waals surface area contributed by atoms with E-state index in [1.165, 1.54) is 15.6 Å². The first kappa shape index (κ1) is 12.6. The fourth-order valence-electron chi connectivity index (χ4n) is 1.27. The second kappa shape index (κ2) is 6.20. The molecule has 1 N–H and O–H groups in total. The maximum atomic E-state index is 4.51. The molecule has 0 aliphatic carbocycles. The van der Waals surface area contributed by atoms with E-state index in [1.807, 2.05) is 11.3 Å². The van der Waals surface area contributed by atoms with Crippen LogP contribution in [0.5, 0.6) is 0 Å². The van der Waals surface area contributed by atoms with Crippen LogP contribution in [0.25, 0.3) is 0 Å². The number of thiazole rings is 1. The van der Waals surface area contributed by atoms with Crippen molar-refractivity contribution in [2.24, 2.45) is 0 Å². The first-order chi connectivity index (χ1) is 7.09. The van der Waals surface area contributed by atoms with Crippen LogP contribution >= 0.6 is 11.3 Å². The zero-order chi connectivity index (χ0) is 11.3. The van der Waals surface area contributed by atoms with Crippen molar-refractivity contribution in [1.82, 2.24) is 15.2 Å². The largest absolute Gasteiger partial charge is 0.315 e. The van der Waals surface area contributed by atoms with Gasteiger partial charge in [-0.2, -0.15) is 0 Å². The summed E-state index contributed by atoms with van der Waals surface area (Å²) in [6.45, 7) is 7.39. The third kappa shape index (κ3) is 4.73. The minimum Gasteiger partial charge on any atom is -0.315 e. The van der Waals surface area contributed by atoms with Gasteiger partial charge in [-0.05, 0) is 27.9 Å². The Labute approximate surface area is 96.5 Å². The standard InChI is InChI=1S/C11H21N3S/c1-9-10(2)15-11(13-9)5-6-12-7-8-14(3)4/h12H,5-8H2,1-4H3. The van der Waals surface area contributed by atoms with Gasteiger partial charge in [0.05, 0.1) is 10.7 Å². The molecule has 0 unspecified atom stereocenters. The Morgan fingerprint density at radius 2 is 2.00 bits per heavy atom. The van der Waals surface area contributed by atoms with Crippen molar-refractivity contribution >= 4 is 11.3 Å². The quantitative estimate of drug-likeness (QED) is 0.746. The van der Waals surface area contributed by atoms with Gasteiger partial charge in [-0.1, -0.05) is 0 Å². The highest BCUT2D eigenvalue weighted by atomic mass is 32.1. The Bertz CT molecular complexity index is 275. The highest BCUT2D eigenvalue weighted by Crippen LogP contribution is 2.16. The highest BCUT2D eigenvalue weighted by Gasteiger charge is 2.02. The Hall–Kier alpha value is -0.450. The second-order valence-electron chi connectivity index (χ2n) is 4.05. The van der Waals surface area contributed by atoms with Crippen molar-refractivity contribution in [3.8, 4) is 0 Å². The van der Waals surface area contributed by atoms with Gasteiger partial charge in [0.1, 0.15) is 0 Å². The molecule has 0 amide bonds. The summed E-state index contributed by atoms with van der Waals surface area (Å²) in [5, 5.41) is 4.67. The average molecular weight is 227 g/mol. The number of likely N-dealkylation sites (N-methyl/N-ethyl adjacent to an activating group) is 1. The summed E-state index contributed by atoms with van der Waals surface area (Å²) in [7, 11) is 4.18. The fourth-order valence-corrected chi connectivity index (χ4v) is 2.20. The van der Waals surface area contributed by atoms with E-state index in [0.29, 0.717) is 0 Å². The molecule has 0 bridgehead atoms. The summed E-state index contributed by atoms with van der Waals surface area (Å²) in [5.74, 6) is 0. The Morgan fingerprint density at radius 3 is 2.53 bits per heavy atom. The molecule has 1 rings (SSSR count). The topological polar surface area (TPSA) is 28.2 Å². The summed E-state index contributed by atoms with van der Waals surface area (Å²) < 4.78 is 0. The van der Waals surface area contributed by atoms with Crippen LogP contribution in [0.2, 0.25) is 0 Å². The van der Waals surface area contributed by atoms with E-state index in [-0.39, 0.29) is 0 Å². The summed E-state index contributed by atoms with van der Waals surface area (Å²) >= 11 is 1.82. The molecule has 4 heteroatoms. The molecule has 15 heavy (non-hydrogen) atoms. The van der Waals surface area contributed by atoms with Gasteiger partial charge in [0, 0.05) is 30.9 Å². The molecule has 0 aliphatic heterocycles. The number of hydrogen-bond acceptors (Lipinski definition) is 4. The Kier molecular flexibility index (Phi) is 5.22. The number of rotatable bonds is 6. The van der Waals surface area contributed by atoms with Crippen molar-refractivity contribution < 1.29 is 0 Å². The van der Waals surface area contributed by atoms with E-state index in [1.54, 1.807) is 0 Å². The molecule has 0 spiro atoms. The van der Waals surface area contributed by atoms with Gasteiger partial charge >= 0.3 is 0 Å². The fraction of sp³-hybridized carbons (Fsp3) is 0.727. The molecule has 0 saturated heterocycles. The normalized spacial score (nSPS) is 11.3. The van der Waals surface area contributed by atoms with E-state index in [0.717, 1.165) is 26.1 Å². The molecule has 86 valence electrons. The third-order valence-electron chi connectivity index (χ3n) is 2.32. The lowest BCUT2D eigenvalue weighted by Crippen LogP contribution is -2.27. The summed E-state index contributed by atoms with van der Waals surface area (Å²) in [6.07, 6.45) is 1.05. The Morgan fingerprint density at radius 1 is 1.27 bits per heavy atom. The second-order valence-corrected chi connectivity index (χ2v) is 5.34. The molecule has 0 fully saturated rings. The van der Waals surface area contributed by atoms with Crippen molar-refractivity contribution in [1.29, 1.82) is 0 Å². The van der Waals surface area contributed by atoms with Gasteiger partial charge in [-0.3, -0.25) is 0 Å². The average Bonchev–Trinajstić information content (AvgIpc) is 2.45. The van der Waals surface area contributed by atoms with Crippen molar-refractivity contribution in [3.63, 3.8) is 0 Å². The van der Waals surface area contributed by atoms with Crippen LogP contribution < -0.4 is 5.32 Å². The number of aromatic nitrogens is 1. The van der Waals surface area contributed by atoms with Gasteiger partial charge in [0.25, 0.3) is 0 Å². The molecule has 0 aromatic carbocycles. The molecule has 0 radical (unpaired) electrons. The minimum atomic E-state index is 1.03. The lowest BCUT2D eigenvalue weighted by molar-refractivity contribution is 0.401. The van der Waals surface area contributed by atoms with Crippen LogP contribution in [-0.4, -0.2) is 43.6 Å². The zero-order valence-corrected chi connectivity index (χ0v) is 10.9. The summed E-state index contributed by atoms with van der Waals surface area (Å²) in [4.78, 5) is 8.04. The van der Waals surface area contributed by atoms with Crippen molar-refractivity contribution in [3.05, 3.63) is 15.6 Å². The van der Waals surface area contributed by atoms with Crippen LogP contribution in [0.4, 0.5) is 0 Å². The molecule has 1 aromatic rings. The van der Waals surface area contributed by atoms with E-state index >= 15 is 0 Å². The molecular formula is C11H21N3S. The van der Waals surface area contributed by atoms with Crippen molar-refractivity contribution in [2.75, 3.05) is 33.7 Å². The van der Waals surface area contributed by atoms with Crippen LogP contribution in [0.3, 0.4) is 0 Å². The maximum Gasteiger partial charge on any atom is 0.0943 e. The molecule has 0 aliphatic rings. The highest BCUT2D eigenvalue weighted by molar-refractivity contribution is 7.11. The zero-order valence-electron chi connectivity index (χ0n) is 10.1. The van der Waals surface area contributed by atoms with E-state index < -0.39 is 0 Å². The predicted molar refractivity (Wildman–Crippen MR) is 66.7 cm³/mol. The third-order valence-corrected chi connectivity index (χ3v) is 3.46. The number of nitrogens with one attached hydrogen (secondary N) is 1. The number of hydrogen-bond donors (Lipinski definition) is 1. The summed E-state index contributed by atoms with van der Waals surface area (Å²) in [5.41, 5.74) is 1.18. The van der Waals surface area contributed by atoms with Crippen LogP contribution in [0, 0.1) is 13.8 Å². The lowest BCUT2D eigenvalue weighted by atomic mass is 10.4. The monoisotopic (exact) mass is 227 g/mol. The predicted octanol–water partition coefficient (Wildman–Crippen LogP) is 1.45. The van der Waals surface area contributed by atoms with Gasteiger partial charge < -0.3 is 10.2 Å². The molecule has 0 atom stereocenters. The first-order valence-corrected chi connectivity index (χ1v) is 6.19. The minimum absolute atomic E-state index is 1.03. The van der Waals surface area contributed by atoms with Crippen molar-refractivity contribution in [2.45, 2.75) is 20.3 Å². The SMILES string of the molecule is Cc1nc(CCNCCN(C)C)sc1C. The van der Waals surface area contributed by atoms with E-state index in [9.17, 15) is 0 Å². The number of nitrogens with zero attached hydrogens (tertiary/aromatic N) is 2. The van der Waals surface area contributed by atoms with Gasteiger partial charge in [-0.15, -0.1) is 11.3 Å². The first-order valence-electron chi connectivity index (χ1n) is 5.38.